The molecule has 4 aliphatic heterocycles. The number of benzene rings is 4. The third kappa shape index (κ3) is 3.61. The zero-order valence-electron chi connectivity index (χ0n) is 23.0. The molecule has 0 spiro atoms. The first-order valence-corrected chi connectivity index (χ1v) is 14.3. The number of rotatable bonds is 4. The maximum Gasteiger partial charge on any atom is 0.253 e. The zero-order chi connectivity index (χ0) is 30.3. The Hall–Kier alpha value is -5.06. The SMILES string of the molecule is O=C1[C@@H]2[C@@H](C(=O)N1c1ccc(F)cc1)N1[C@@H](c3ccccc3)[C@@H]3C(=O)N(c4ccc(F)cc4)C(=O)[C@@H]3N1[C@@H]2c1ccccc1. The number of hydrogen-bond donors (Lipinski definition) is 0. The molecule has 4 saturated heterocycles. The summed E-state index contributed by atoms with van der Waals surface area (Å²) in [6, 6.07) is 25.1. The molecular weight excluding hydrogens is 566 g/mol. The van der Waals surface area contributed by atoms with E-state index in [9.17, 15) is 28.0 Å². The Kier molecular flexibility index (Phi) is 5.87. The molecule has 0 N–H and O–H groups in total. The van der Waals surface area contributed by atoms with Gasteiger partial charge in [0, 0.05) is 0 Å². The zero-order valence-corrected chi connectivity index (χ0v) is 23.0. The molecule has 0 unspecified atom stereocenters. The molecule has 44 heavy (non-hydrogen) atoms. The van der Waals surface area contributed by atoms with Crippen LogP contribution in [-0.4, -0.2) is 45.7 Å². The monoisotopic (exact) mass is 590 g/mol. The number of carbonyl (C=O) groups is 4. The standard InChI is InChI=1S/C34H24F2N4O4/c35-21-11-15-23(16-12-21)37-31(41)25-27(19-7-3-1-4-8-19)39-30-26(32(42)38(34(30)44)24-17-13-22(36)14-18-24)28(20-9-5-2-6-10-20)40(39)29(25)33(37)43/h1-18,25-30H/t25-,26-,27-,28+,29+,30-/m0/s1. The lowest BCUT2D eigenvalue weighted by molar-refractivity contribution is -0.136. The van der Waals surface area contributed by atoms with E-state index < -0.39 is 71.3 Å². The molecule has 4 fully saturated rings. The van der Waals surface area contributed by atoms with Crippen LogP contribution in [0, 0.1) is 23.5 Å². The number of fused-ring (bicyclic) bond motifs is 5. The van der Waals surface area contributed by atoms with E-state index in [-0.39, 0.29) is 11.4 Å². The molecular formula is C34H24F2N4O4. The number of hydrazine groups is 1. The number of carbonyl (C=O) groups excluding carboxylic acids is 4. The van der Waals surface area contributed by atoms with Crippen LogP contribution in [0.3, 0.4) is 0 Å². The van der Waals surface area contributed by atoms with Crippen LogP contribution in [0.4, 0.5) is 20.2 Å². The number of halogens is 2. The lowest BCUT2D eigenvalue weighted by atomic mass is 9.84. The van der Waals surface area contributed by atoms with Crippen LogP contribution in [0.5, 0.6) is 0 Å². The minimum Gasteiger partial charge on any atom is -0.274 e. The molecule has 0 radical (unpaired) electrons. The molecule has 4 amide bonds. The minimum absolute atomic E-state index is 0.249. The fourth-order valence-electron chi connectivity index (χ4n) is 7.49. The van der Waals surface area contributed by atoms with Gasteiger partial charge in [0.05, 0.1) is 35.3 Å². The van der Waals surface area contributed by atoms with Gasteiger partial charge in [-0.05, 0) is 59.7 Å². The Morgan fingerprint density at radius 3 is 1.09 bits per heavy atom. The van der Waals surface area contributed by atoms with Crippen molar-refractivity contribution in [3.05, 3.63) is 132 Å². The molecule has 0 aliphatic carbocycles. The van der Waals surface area contributed by atoms with E-state index in [1.54, 1.807) is 10.0 Å². The first-order valence-electron chi connectivity index (χ1n) is 14.3. The van der Waals surface area contributed by atoms with Gasteiger partial charge in [-0.15, -0.1) is 0 Å². The maximum absolute atomic E-state index is 14.3. The van der Waals surface area contributed by atoms with Crippen molar-refractivity contribution in [3.63, 3.8) is 0 Å². The summed E-state index contributed by atoms with van der Waals surface area (Å²) in [7, 11) is 0. The van der Waals surface area contributed by atoms with E-state index in [0.29, 0.717) is 11.1 Å². The summed E-state index contributed by atoms with van der Waals surface area (Å²) in [4.78, 5) is 59.3. The van der Waals surface area contributed by atoms with Gasteiger partial charge in [-0.3, -0.25) is 19.2 Å². The number of anilines is 2. The van der Waals surface area contributed by atoms with Crippen LogP contribution in [0.1, 0.15) is 23.2 Å². The van der Waals surface area contributed by atoms with E-state index >= 15 is 0 Å². The van der Waals surface area contributed by atoms with Crippen LogP contribution in [0.2, 0.25) is 0 Å². The predicted molar refractivity (Wildman–Crippen MR) is 154 cm³/mol. The maximum atomic E-state index is 14.3. The summed E-state index contributed by atoms with van der Waals surface area (Å²) in [6.45, 7) is 0. The van der Waals surface area contributed by atoms with Gasteiger partial charge in [0.25, 0.3) is 11.8 Å². The van der Waals surface area contributed by atoms with Gasteiger partial charge >= 0.3 is 0 Å². The highest BCUT2D eigenvalue weighted by atomic mass is 19.1. The van der Waals surface area contributed by atoms with Crippen LogP contribution >= 0.6 is 0 Å². The number of amides is 4. The molecule has 4 aromatic carbocycles. The first kappa shape index (κ1) is 26.6. The summed E-state index contributed by atoms with van der Waals surface area (Å²) in [6.07, 6.45) is 0. The van der Waals surface area contributed by atoms with Gasteiger partial charge in [-0.2, -0.15) is 0 Å². The largest absolute Gasteiger partial charge is 0.274 e. The Bertz CT molecular complexity index is 1690. The molecule has 0 bridgehead atoms. The van der Waals surface area contributed by atoms with Crippen molar-refractivity contribution in [2.45, 2.75) is 24.2 Å². The van der Waals surface area contributed by atoms with E-state index in [1.807, 2.05) is 60.7 Å². The van der Waals surface area contributed by atoms with Gasteiger partial charge in [-0.1, -0.05) is 60.7 Å². The number of imide groups is 2. The molecule has 8 nitrogen and oxygen atoms in total. The first-order chi connectivity index (χ1) is 21.4. The Labute approximate surface area is 250 Å². The summed E-state index contributed by atoms with van der Waals surface area (Å²) < 4.78 is 27.6. The van der Waals surface area contributed by atoms with Crippen LogP contribution in [0.25, 0.3) is 0 Å². The average Bonchev–Trinajstić information content (AvgIpc) is 3.71. The molecule has 4 heterocycles. The van der Waals surface area contributed by atoms with Crippen molar-refractivity contribution in [1.29, 1.82) is 0 Å². The second kappa shape index (κ2) is 9.73. The molecule has 4 aliphatic rings. The minimum atomic E-state index is -1.02. The molecule has 218 valence electrons. The normalized spacial score (nSPS) is 28.1. The van der Waals surface area contributed by atoms with Crippen LogP contribution in [0.15, 0.2) is 109 Å². The second-order valence-electron chi connectivity index (χ2n) is 11.4. The number of hydrogen-bond acceptors (Lipinski definition) is 6. The quantitative estimate of drug-likeness (QED) is 0.328. The van der Waals surface area contributed by atoms with E-state index in [2.05, 4.69) is 0 Å². The molecule has 10 heteroatoms. The second-order valence-corrected chi connectivity index (χ2v) is 11.4. The van der Waals surface area contributed by atoms with Crippen molar-refractivity contribution >= 4 is 35.0 Å². The molecule has 0 saturated carbocycles. The van der Waals surface area contributed by atoms with Crippen LogP contribution in [-0.2, 0) is 19.2 Å². The Morgan fingerprint density at radius 1 is 0.409 bits per heavy atom. The lowest BCUT2D eigenvalue weighted by Crippen LogP contribution is -2.50. The van der Waals surface area contributed by atoms with Crippen molar-refractivity contribution in [1.82, 2.24) is 10.0 Å². The van der Waals surface area contributed by atoms with Crippen molar-refractivity contribution < 1.29 is 28.0 Å². The van der Waals surface area contributed by atoms with Gasteiger partial charge in [0.15, 0.2) is 0 Å². The van der Waals surface area contributed by atoms with E-state index in [4.69, 9.17) is 0 Å². The third-order valence-corrected chi connectivity index (χ3v) is 9.18. The van der Waals surface area contributed by atoms with Crippen LogP contribution < -0.4 is 9.80 Å². The van der Waals surface area contributed by atoms with Crippen molar-refractivity contribution in [2.24, 2.45) is 11.8 Å². The summed E-state index contributed by atoms with van der Waals surface area (Å²) >= 11 is 0. The fourth-order valence-corrected chi connectivity index (χ4v) is 7.49. The van der Waals surface area contributed by atoms with Gasteiger partial charge < -0.3 is 0 Å². The van der Waals surface area contributed by atoms with E-state index in [0.717, 1.165) is 9.80 Å². The van der Waals surface area contributed by atoms with Crippen molar-refractivity contribution in [2.75, 3.05) is 9.80 Å². The van der Waals surface area contributed by atoms with Gasteiger partial charge in [-0.25, -0.2) is 28.6 Å². The fraction of sp³-hybridized carbons (Fsp3) is 0.176. The van der Waals surface area contributed by atoms with Gasteiger partial charge in [0.1, 0.15) is 23.7 Å². The smallest absolute Gasteiger partial charge is 0.253 e. The average molecular weight is 591 g/mol. The highest BCUT2D eigenvalue weighted by Crippen LogP contribution is 2.59. The topological polar surface area (TPSA) is 81.2 Å². The highest BCUT2D eigenvalue weighted by Gasteiger charge is 2.73. The summed E-state index contributed by atoms with van der Waals surface area (Å²) in [5.74, 6) is -4.77. The summed E-state index contributed by atoms with van der Waals surface area (Å²) in [5, 5.41) is 3.54. The molecule has 8 rings (SSSR count). The van der Waals surface area contributed by atoms with E-state index in [1.165, 1.54) is 48.5 Å². The van der Waals surface area contributed by atoms with Gasteiger partial charge in [0.2, 0.25) is 11.8 Å². The highest BCUT2D eigenvalue weighted by molar-refractivity contribution is 6.26. The predicted octanol–water partition coefficient (Wildman–Crippen LogP) is 4.41. The molecule has 0 aromatic heterocycles. The Morgan fingerprint density at radius 2 is 0.750 bits per heavy atom. The Balaban J connectivity index is 1.32. The third-order valence-electron chi connectivity index (χ3n) is 9.18. The van der Waals surface area contributed by atoms with Crippen molar-refractivity contribution in [3.8, 4) is 0 Å². The molecule has 4 aromatic rings. The lowest BCUT2D eigenvalue weighted by Gasteiger charge is -2.35. The molecule has 6 atom stereocenters. The number of nitrogens with zero attached hydrogens (tertiary/aromatic N) is 4. The summed E-state index contributed by atoms with van der Waals surface area (Å²) in [5.41, 5.74) is 1.92.